The molecule has 2 atom stereocenters. The molecule has 3 aromatic rings. The van der Waals surface area contributed by atoms with Crippen molar-refractivity contribution >= 4 is 35.4 Å². The second kappa shape index (κ2) is 20.7. The van der Waals surface area contributed by atoms with Gasteiger partial charge in [-0.15, -0.1) is 0 Å². The van der Waals surface area contributed by atoms with Crippen LogP contribution in [-0.2, 0) is 36.9 Å². The molecule has 1 saturated heterocycles. The van der Waals surface area contributed by atoms with Crippen molar-refractivity contribution in [2.45, 2.75) is 70.5 Å². The van der Waals surface area contributed by atoms with Gasteiger partial charge in [-0.2, -0.15) is 0 Å². The van der Waals surface area contributed by atoms with Gasteiger partial charge in [-0.3, -0.25) is 28.8 Å². The minimum absolute atomic E-state index is 0.000736. The number of likely N-dealkylation sites (tertiary alicyclic amines) is 1. The van der Waals surface area contributed by atoms with Gasteiger partial charge in [0.1, 0.15) is 23.6 Å². The first-order chi connectivity index (χ1) is 27.5. The number of nitrogens with one attached hydrogen (secondary N) is 4. The first-order valence-corrected chi connectivity index (χ1v) is 19.3. The highest BCUT2D eigenvalue weighted by atomic mass is 16.5. The van der Waals surface area contributed by atoms with Gasteiger partial charge in [0.2, 0.25) is 29.5 Å². The fourth-order valence-electron chi connectivity index (χ4n) is 6.66. The highest BCUT2D eigenvalue weighted by molar-refractivity contribution is 5.95. The molecule has 304 valence electrons. The Morgan fingerprint density at radius 1 is 0.842 bits per heavy atom. The molecule has 6 amide bonds. The summed E-state index contributed by atoms with van der Waals surface area (Å²) in [6, 6.07) is 17.4. The molecule has 3 heterocycles. The fraction of sp³-hybridized carbons (Fsp3) is 0.429. The molecule has 4 bridgehead atoms. The number of nitrogens with zero attached hydrogens (tertiary/aromatic N) is 2. The zero-order valence-corrected chi connectivity index (χ0v) is 32.8. The largest absolute Gasteiger partial charge is 0.496 e. The van der Waals surface area contributed by atoms with Crippen molar-refractivity contribution in [3.63, 3.8) is 0 Å². The van der Waals surface area contributed by atoms with Gasteiger partial charge >= 0.3 is 0 Å². The molecule has 3 aliphatic heterocycles. The summed E-state index contributed by atoms with van der Waals surface area (Å²) in [7, 11) is 2.99. The highest BCUT2D eigenvalue weighted by Gasteiger charge is 2.27. The Morgan fingerprint density at radius 3 is 2.37 bits per heavy atom. The molecule has 0 radical (unpaired) electrons. The molecular weight excluding hydrogens is 732 g/mol. The summed E-state index contributed by atoms with van der Waals surface area (Å²) in [4.78, 5) is 82.6. The lowest BCUT2D eigenvalue weighted by atomic mass is 10.0. The molecule has 0 aliphatic carbocycles. The van der Waals surface area contributed by atoms with Crippen molar-refractivity contribution in [1.29, 1.82) is 0 Å². The van der Waals surface area contributed by atoms with Crippen molar-refractivity contribution in [1.82, 2.24) is 31.1 Å². The lowest BCUT2D eigenvalue weighted by molar-refractivity contribution is -0.138. The molecule has 0 spiro atoms. The summed E-state index contributed by atoms with van der Waals surface area (Å²) in [5.74, 6) is -0.663. The second-order valence-corrected chi connectivity index (χ2v) is 14.0. The first kappa shape index (κ1) is 42.0. The number of methoxy groups -OCH3 is 2. The molecule has 6 rings (SSSR count). The third kappa shape index (κ3) is 12.2. The molecule has 15 heteroatoms. The number of rotatable bonds is 8. The lowest BCUT2D eigenvalue weighted by Gasteiger charge is -2.26. The Bertz CT molecular complexity index is 1910. The van der Waals surface area contributed by atoms with Crippen molar-refractivity contribution in [2.24, 2.45) is 0 Å². The van der Waals surface area contributed by atoms with Crippen LogP contribution in [0.25, 0.3) is 0 Å². The molecule has 0 unspecified atom stereocenters. The van der Waals surface area contributed by atoms with Gasteiger partial charge in [0.25, 0.3) is 5.91 Å². The standard InChI is InChI=1S/C42H52N6O9/c1-28-40(52)44-26-31-14-16-32(25-35(31)56-3)57-36-24-30(15-18-34(36)55-2)41(53)43-20-7-8-21-48(39(51)19-23-47-22-9-12-38(47)50)27-37(49)46-33(42(54)45-28)17-13-29-10-5-4-6-11-29/h4-6,10-11,14-16,18,24-25,28,33H,7-9,12-13,17,19-23,26-27H2,1-3H3,(H,43,53)(H,44,52)(H,45,54)(H,46,49)/t28-,33-/m0/s1. The predicted molar refractivity (Wildman–Crippen MR) is 211 cm³/mol. The van der Waals surface area contributed by atoms with Crippen molar-refractivity contribution < 1.29 is 43.0 Å². The molecule has 1 fully saturated rings. The molecule has 57 heavy (non-hydrogen) atoms. The van der Waals surface area contributed by atoms with E-state index in [1.165, 1.54) is 19.1 Å². The van der Waals surface area contributed by atoms with E-state index in [2.05, 4.69) is 21.3 Å². The van der Waals surface area contributed by atoms with E-state index in [1.54, 1.807) is 48.2 Å². The minimum atomic E-state index is -1.01. The van der Waals surface area contributed by atoms with Crippen LogP contribution >= 0.6 is 0 Å². The third-order valence-corrected chi connectivity index (χ3v) is 9.93. The van der Waals surface area contributed by atoms with Gasteiger partial charge in [-0.05, 0) is 74.9 Å². The average molecular weight is 785 g/mol. The molecule has 0 saturated carbocycles. The van der Waals surface area contributed by atoms with Gasteiger partial charge in [-0.1, -0.05) is 30.3 Å². The number of aryl methyl sites for hydroxylation is 1. The maximum atomic E-state index is 13.7. The van der Waals surface area contributed by atoms with E-state index in [-0.39, 0.29) is 56.7 Å². The van der Waals surface area contributed by atoms with Crippen LogP contribution < -0.4 is 35.5 Å². The summed E-state index contributed by atoms with van der Waals surface area (Å²) in [5, 5.41) is 11.3. The summed E-state index contributed by atoms with van der Waals surface area (Å²) in [6.45, 7) is 2.64. The molecular formula is C42H52N6O9. The van der Waals surface area contributed by atoms with E-state index >= 15 is 0 Å². The van der Waals surface area contributed by atoms with Gasteiger partial charge in [0, 0.05) is 62.8 Å². The van der Waals surface area contributed by atoms with E-state index in [1.807, 2.05) is 30.3 Å². The summed E-state index contributed by atoms with van der Waals surface area (Å²) < 4.78 is 17.2. The van der Waals surface area contributed by atoms with Gasteiger partial charge in [-0.25, -0.2) is 0 Å². The highest BCUT2D eigenvalue weighted by Crippen LogP contribution is 2.35. The van der Waals surface area contributed by atoms with E-state index in [0.29, 0.717) is 72.9 Å². The van der Waals surface area contributed by atoms with Crippen LogP contribution in [0.4, 0.5) is 0 Å². The monoisotopic (exact) mass is 784 g/mol. The van der Waals surface area contributed by atoms with Crippen molar-refractivity contribution in [3.05, 3.63) is 83.4 Å². The molecule has 3 aliphatic rings. The van der Waals surface area contributed by atoms with Crippen LogP contribution in [0.1, 0.15) is 66.9 Å². The van der Waals surface area contributed by atoms with Crippen LogP contribution in [0.15, 0.2) is 66.7 Å². The number of hydrogen-bond acceptors (Lipinski definition) is 9. The maximum absolute atomic E-state index is 13.7. The summed E-state index contributed by atoms with van der Waals surface area (Å²) in [6.07, 6.45) is 2.89. The average Bonchev–Trinajstić information content (AvgIpc) is 3.63. The van der Waals surface area contributed by atoms with Crippen LogP contribution in [-0.4, -0.2) is 104 Å². The predicted octanol–water partition coefficient (Wildman–Crippen LogP) is 3.10. The van der Waals surface area contributed by atoms with Gasteiger partial charge in [0.15, 0.2) is 11.5 Å². The number of fused-ring (bicyclic) bond motifs is 18. The Labute approximate surface area is 332 Å². The molecule has 15 nitrogen and oxygen atoms in total. The number of ether oxygens (including phenoxy) is 3. The van der Waals surface area contributed by atoms with E-state index in [0.717, 1.165) is 12.0 Å². The fourth-order valence-corrected chi connectivity index (χ4v) is 6.66. The zero-order valence-electron chi connectivity index (χ0n) is 32.8. The van der Waals surface area contributed by atoms with Crippen molar-refractivity contribution in [3.8, 4) is 23.0 Å². The van der Waals surface area contributed by atoms with E-state index in [4.69, 9.17) is 14.2 Å². The molecule has 3 aromatic carbocycles. The van der Waals surface area contributed by atoms with Crippen LogP contribution in [0.5, 0.6) is 23.0 Å². The third-order valence-electron chi connectivity index (χ3n) is 9.93. The van der Waals surface area contributed by atoms with Crippen LogP contribution in [0, 0.1) is 0 Å². The smallest absolute Gasteiger partial charge is 0.251 e. The normalized spacial score (nSPS) is 19.0. The van der Waals surface area contributed by atoms with Gasteiger partial charge < -0.3 is 45.3 Å². The Kier molecular flexibility index (Phi) is 15.3. The Hall–Kier alpha value is -6.12. The first-order valence-electron chi connectivity index (χ1n) is 19.3. The Morgan fingerprint density at radius 2 is 1.63 bits per heavy atom. The summed E-state index contributed by atoms with van der Waals surface area (Å²) >= 11 is 0. The molecule has 4 N–H and O–H groups in total. The van der Waals surface area contributed by atoms with Crippen LogP contribution in [0.3, 0.4) is 0 Å². The SMILES string of the molecule is COc1cc2ccc1CNC(=O)[C@H](C)NC(=O)[C@H](CCc1ccccc1)NC(=O)CN(C(=O)CCN1CCCC1=O)CCCCNC(=O)c1ccc(OC)c(c1)O2. The van der Waals surface area contributed by atoms with Gasteiger partial charge in [0.05, 0.1) is 20.8 Å². The van der Waals surface area contributed by atoms with E-state index < -0.39 is 29.8 Å². The molecule has 0 aromatic heterocycles. The zero-order chi connectivity index (χ0) is 40.7. The number of carbonyl (C=O) groups excluding carboxylic acids is 6. The number of carbonyl (C=O) groups is 6. The summed E-state index contributed by atoms with van der Waals surface area (Å²) in [5.41, 5.74) is 1.94. The van der Waals surface area contributed by atoms with Crippen LogP contribution in [0.2, 0.25) is 0 Å². The second-order valence-electron chi connectivity index (χ2n) is 14.0. The minimum Gasteiger partial charge on any atom is -0.496 e. The number of hydrogen-bond donors (Lipinski definition) is 4. The topological polar surface area (TPSA) is 185 Å². The maximum Gasteiger partial charge on any atom is 0.251 e. The van der Waals surface area contributed by atoms with E-state index in [9.17, 15) is 28.8 Å². The lowest BCUT2D eigenvalue weighted by Crippen LogP contribution is -2.54. The van der Waals surface area contributed by atoms with Crippen molar-refractivity contribution in [2.75, 3.05) is 46.9 Å². The Balaban J connectivity index is 1.37. The quantitative estimate of drug-likeness (QED) is 0.250. The number of benzene rings is 3. The number of amides is 6.